The first-order valence-corrected chi connectivity index (χ1v) is 8.74. The predicted molar refractivity (Wildman–Crippen MR) is 88.7 cm³/mol. The molecule has 108 valence electrons. The van der Waals surface area contributed by atoms with Gasteiger partial charge in [0.05, 0.1) is 0 Å². The van der Waals surface area contributed by atoms with Crippen molar-refractivity contribution in [2.45, 2.75) is 39.0 Å². The van der Waals surface area contributed by atoms with Gasteiger partial charge >= 0.3 is 0 Å². The third-order valence-corrected chi connectivity index (χ3v) is 6.34. The van der Waals surface area contributed by atoms with E-state index in [-0.39, 0.29) is 0 Å². The molecule has 3 rings (SSSR count). The number of thioether (sulfide) groups is 1. The second-order valence-corrected chi connectivity index (χ2v) is 7.06. The van der Waals surface area contributed by atoms with E-state index in [0.29, 0.717) is 11.3 Å². The molecule has 0 amide bonds. The van der Waals surface area contributed by atoms with Crippen LogP contribution in [0.3, 0.4) is 0 Å². The number of hydrogen-bond acceptors (Lipinski definition) is 3. The summed E-state index contributed by atoms with van der Waals surface area (Å²) in [6.07, 6.45) is 3.70. The van der Waals surface area contributed by atoms with Gasteiger partial charge in [-0.25, -0.2) is 0 Å². The molecular weight excluding hydrogens is 264 g/mol. The molecule has 1 aliphatic carbocycles. The van der Waals surface area contributed by atoms with Gasteiger partial charge in [0.2, 0.25) is 0 Å². The van der Waals surface area contributed by atoms with Gasteiger partial charge in [0.15, 0.2) is 5.17 Å². The quantitative estimate of drug-likeness (QED) is 0.910. The number of nitrogens with one attached hydrogen (secondary N) is 1. The molecule has 1 atom stereocenters. The second kappa shape index (κ2) is 5.80. The van der Waals surface area contributed by atoms with Gasteiger partial charge in [-0.15, -0.1) is 0 Å². The first kappa shape index (κ1) is 14.0. The fourth-order valence-electron chi connectivity index (χ4n) is 3.09. The summed E-state index contributed by atoms with van der Waals surface area (Å²) in [4.78, 5) is 4.78. The lowest BCUT2D eigenvalue weighted by molar-refractivity contribution is 0.318. The lowest BCUT2D eigenvalue weighted by Crippen LogP contribution is -2.37. The van der Waals surface area contributed by atoms with Crippen LogP contribution in [0.4, 0.5) is 0 Å². The first-order valence-electron chi connectivity index (χ1n) is 7.75. The number of nitrogens with zero attached hydrogens (tertiary/aromatic N) is 1. The Hall–Kier alpha value is -0.960. The van der Waals surface area contributed by atoms with Gasteiger partial charge in [-0.3, -0.25) is 4.99 Å². The van der Waals surface area contributed by atoms with Crippen LogP contribution in [0.15, 0.2) is 29.3 Å². The van der Waals surface area contributed by atoms with Gasteiger partial charge < -0.3 is 5.32 Å². The van der Waals surface area contributed by atoms with Crippen LogP contribution in [-0.4, -0.2) is 24.0 Å². The summed E-state index contributed by atoms with van der Waals surface area (Å²) in [5.74, 6) is 1.89. The minimum absolute atomic E-state index is 0.443. The molecular formula is C17H24N2S. The lowest BCUT2D eigenvalue weighted by Gasteiger charge is -2.35. The number of hydrogen-bond donors (Lipinski definition) is 1. The maximum absolute atomic E-state index is 4.78. The monoisotopic (exact) mass is 288 g/mol. The molecule has 2 nitrogen and oxygen atoms in total. The Labute approximate surface area is 126 Å². The summed E-state index contributed by atoms with van der Waals surface area (Å²) in [7, 11) is 0. The average molecular weight is 288 g/mol. The minimum atomic E-state index is 0.443. The molecule has 0 spiro atoms. The molecule has 1 aliphatic heterocycles. The molecule has 0 saturated carbocycles. The average Bonchev–Trinajstić information content (AvgIpc) is 2.49. The Kier molecular flexibility index (Phi) is 4.06. The first-order chi connectivity index (χ1) is 9.76. The van der Waals surface area contributed by atoms with Crippen LogP contribution in [0.5, 0.6) is 0 Å². The van der Waals surface area contributed by atoms with Crippen LogP contribution in [0.25, 0.3) is 0 Å². The maximum Gasteiger partial charge on any atom is 0.156 e. The summed E-state index contributed by atoms with van der Waals surface area (Å²) in [5.41, 5.74) is 3.49. The molecule has 1 unspecified atom stereocenters. The van der Waals surface area contributed by atoms with Gasteiger partial charge in [0.25, 0.3) is 0 Å². The van der Waals surface area contributed by atoms with Crippen molar-refractivity contribution in [3.05, 3.63) is 35.4 Å². The van der Waals surface area contributed by atoms with E-state index in [1.165, 1.54) is 36.1 Å². The SMILES string of the molecule is CCC1(CC)CN=C(NCC2Cc3ccccc32)SC1. The molecule has 1 aromatic rings. The third kappa shape index (κ3) is 2.60. The van der Waals surface area contributed by atoms with Crippen LogP contribution in [0, 0.1) is 5.41 Å². The fourth-order valence-corrected chi connectivity index (χ4v) is 4.38. The van der Waals surface area contributed by atoms with Crippen molar-refractivity contribution in [3.63, 3.8) is 0 Å². The number of rotatable bonds is 4. The van der Waals surface area contributed by atoms with E-state index >= 15 is 0 Å². The smallest absolute Gasteiger partial charge is 0.156 e. The minimum Gasteiger partial charge on any atom is -0.364 e. The zero-order chi connectivity index (χ0) is 14.0. The molecule has 20 heavy (non-hydrogen) atoms. The number of aliphatic imine (C=N–C) groups is 1. The van der Waals surface area contributed by atoms with Crippen molar-refractivity contribution in [1.82, 2.24) is 5.32 Å². The highest BCUT2D eigenvalue weighted by Gasteiger charge is 2.31. The molecule has 0 aromatic heterocycles. The highest BCUT2D eigenvalue weighted by atomic mass is 32.2. The van der Waals surface area contributed by atoms with Crippen molar-refractivity contribution in [1.29, 1.82) is 0 Å². The maximum atomic E-state index is 4.78. The number of amidine groups is 1. The van der Waals surface area contributed by atoms with Crippen molar-refractivity contribution >= 4 is 16.9 Å². The van der Waals surface area contributed by atoms with Crippen LogP contribution >= 0.6 is 11.8 Å². The van der Waals surface area contributed by atoms with Gasteiger partial charge in [0, 0.05) is 24.8 Å². The second-order valence-electron chi connectivity index (χ2n) is 6.10. The molecule has 1 aromatic carbocycles. The lowest BCUT2D eigenvalue weighted by atomic mass is 9.78. The molecule has 2 aliphatic rings. The van der Waals surface area contributed by atoms with Gasteiger partial charge in [-0.05, 0) is 35.8 Å². The summed E-state index contributed by atoms with van der Waals surface area (Å²) < 4.78 is 0. The van der Waals surface area contributed by atoms with Crippen molar-refractivity contribution in [3.8, 4) is 0 Å². The fraction of sp³-hybridized carbons (Fsp3) is 0.588. The van der Waals surface area contributed by atoms with E-state index in [0.717, 1.165) is 18.3 Å². The molecule has 0 radical (unpaired) electrons. The van der Waals surface area contributed by atoms with Crippen LogP contribution in [0.2, 0.25) is 0 Å². The van der Waals surface area contributed by atoms with Crippen molar-refractivity contribution in [2.75, 3.05) is 18.8 Å². The summed E-state index contributed by atoms with van der Waals surface area (Å²) in [6.45, 7) is 6.62. The van der Waals surface area contributed by atoms with Crippen LogP contribution < -0.4 is 5.32 Å². The topological polar surface area (TPSA) is 24.4 Å². The molecule has 1 heterocycles. The largest absolute Gasteiger partial charge is 0.364 e. The van der Waals surface area contributed by atoms with Gasteiger partial charge in [-0.1, -0.05) is 49.9 Å². The normalized spacial score (nSPS) is 23.5. The van der Waals surface area contributed by atoms with E-state index in [4.69, 9.17) is 4.99 Å². The van der Waals surface area contributed by atoms with Crippen molar-refractivity contribution < 1.29 is 0 Å². The van der Waals surface area contributed by atoms with E-state index in [1.54, 1.807) is 0 Å². The third-order valence-electron chi connectivity index (χ3n) is 5.03. The standard InChI is InChI=1S/C17H24N2S/c1-3-17(4-2)11-19-16(20-12-17)18-10-14-9-13-7-5-6-8-15(13)14/h5-8,14H,3-4,9-12H2,1-2H3,(H,18,19). The van der Waals surface area contributed by atoms with Crippen LogP contribution in [0.1, 0.15) is 43.7 Å². The zero-order valence-electron chi connectivity index (χ0n) is 12.5. The summed E-state index contributed by atoms with van der Waals surface area (Å²) in [5, 5.41) is 4.72. The highest BCUT2D eigenvalue weighted by Crippen LogP contribution is 2.36. The number of benzene rings is 1. The Balaban J connectivity index is 1.53. The van der Waals surface area contributed by atoms with Crippen molar-refractivity contribution in [2.24, 2.45) is 10.4 Å². The van der Waals surface area contributed by atoms with Gasteiger partial charge in [0.1, 0.15) is 0 Å². The summed E-state index contributed by atoms with van der Waals surface area (Å²) >= 11 is 1.92. The Morgan fingerprint density at radius 2 is 2.10 bits per heavy atom. The Morgan fingerprint density at radius 3 is 2.75 bits per heavy atom. The van der Waals surface area contributed by atoms with E-state index < -0.39 is 0 Å². The molecule has 0 fully saturated rings. The molecule has 1 N–H and O–H groups in total. The zero-order valence-corrected chi connectivity index (χ0v) is 13.3. The highest BCUT2D eigenvalue weighted by molar-refractivity contribution is 8.13. The van der Waals surface area contributed by atoms with E-state index in [1.807, 2.05) is 11.8 Å². The predicted octanol–water partition coefficient (Wildman–Crippen LogP) is 3.83. The molecule has 0 saturated heterocycles. The van der Waals surface area contributed by atoms with Gasteiger partial charge in [-0.2, -0.15) is 0 Å². The Morgan fingerprint density at radius 1 is 1.30 bits per heavy atom. The van der Waals surface area contributed by atoms with Crippen LogP contribution in [-0.2, 0) is 6.42 Å². The number of fused-ring (bicyclic) bond motifs is 1. The molecule has 0 bridgehead atoms. The molecule has 3 heteroatoms. The summed E-state index contributed by atoms with van der Waals surface area (Å²) in [6, 6.07) is 8.79. The van der Waals surface area contributed by atoms with E-state index in [9.17, 15) is 0 Å². The van der Waals surface area contributed by atoms with E-state index in [2.05, 4.69) is 43.4 Å². The Bertz CT molecular complexity index is 505.